The molecule has 1 saturated heterocycles. The Hall–Kier alpha value is -4.38. The lowest BCUT2D eigenvalue weighted by Crippen LogP contribution is -2.30. The van der Waals surface area contributed by atoms with E-state index in [0.29, 0.717) is 27.9 Å². The zero-order valence-electron chi connectivity index (χ0n) is 25.3. The second-order valence-corrected chi connectivity index (χ2v) is 12.2. The molecule has 4 aromatic rings. The molecule has 1 fully saturated rings. The van der Waals surface area contributed by atoms with Gasteiger partial charge in [0.05, 0.1) is 36.1 Å². The molecule has 1 amide bonds. The summed E-state index contributed by atoms with van der Waals surface area (Å²) in [6.45, 7) is 9.25. The van der Waals surface area contributed by atoms with Gasteiger partial charge in [0.1, 0.15) is 5.75 Å². The Kier molecular flexibility index (Phi) is 8.19. The summed E-state index contributed by atoms with van der Waals surface area (Å²) >= 11 is 5.89. The van der Waals surface area contributed by atoms with Crippen molar-refractivity contribution in [2.45, 2.75) is 52.9 Å². The summed E-state index contributed by atoms with van der Waals surface area (Å²) in [6.07, 6.45) is -2.75. The highest BCUT2D eigenvalue weighted by atomic mass is 32.1. The number of aromatic nitrogens is 2. The van der Waals surface area contributed by atoms with Gasteiger partial charge in [-0.25, -0.2) is 0 Å². The monoisotopic (exact) mass is 621 g/mol. The van der Waals surface area contributed by atoms with E-state index in [1.807, 2.05) is 80.5 Å². The molecule has 0 saturated carbocycles. The topological polar surface area (TPSA) is 71.4 Å². The Labute approximate surface area is 260 Å². The number of methoxy groups -OCH3 is 1. The molecule has 3 heterocycles. The molecule has 2 aromatic carbocycles. The Morgan fingerprint density at radius 3 is 2.39 bits per heavy atom. The minimum Gasteiger partial charge on any atom is -0.494 e. The van der Waals surface area contributed by atoms with E-state index in [4.69, 9.17) is 17.0 Å². The number of nitrogens with one attached hydrogen (secondary N) is 2. The van der Waals surface area contributed by atoms with Gasteiger partial charge in [-0.15, -0.1) is 0 Å². The largest absolute Gasteiger partial charge is 0.494 e. The van der Waals surface area contributed by atoms with Gasteiger partial charge in [-0.2, -0.15) is 13.2 Å². The standard InChI is InChI=1S/C33H34F3N5O2S/c1-19-16-24(20(2)40(19)22-11-9-10-21(17-22)33(34,35)36)29-28(26-12-7-8-15-37-26)39-31(44)41(29)23-13-14-25(27(18-23)43-6)38-30(42)32(3,4)5/h7-18,28-29H,1-6H3,(H,38,42)(H,39,44)/t28-,29-/m1/s1. The van der Waals surface area contributed by atoms with E-state index >= 15 is 0 Å². The fraction of sp³-hybridized carbons (Fsp3) is 0.303. The number of amides is 1. The highest BCUT2D eigenvalue weighted by Gasteiger charge is 2.42. The SMILES string of the molecule is COc1cc(N2C(=S)N[C@H](c3ccccn3)[C@H]2c2cc(C)n(-c3cccc(C(F)(F)F)c3)c2C)ccc1NC(=O)C(C)(C)C. The van der Waals surface area contributed by atoms with Gasteiger partial charge in [-0.05, 0) is 80.2 Å². The molecule has 0 spiro atoms. The molecule has 11 heteroatoms. The average Bonchev–Trinajstić information content (AvgIpc) is 3.47. The van der Waals surface area contributed by atoms with Crippen molar-refractivity contribution in [1.29, 1.82) is 0 Å². The third kappa shape index (κ3) is 5.88. The van der Waals surface area contributed by atoms with E-state index in [0.717, 1.165) is 34.8 Å². The number of carbonyl (C=O) groups excluding carboxylic acids is 1. The van der Waals surface area contributed by atoms with Crippen LogP contribution in [0.4, 0.5) is 24.5 Å². The van der Waals surface area contributed by atoms with Crippen LogP contribution in [0.2, 0.25) is 0 Å². The van der Waals surface area contributed by atoms with Crippen molar-refractivity contribution in [3.05, 3.63) is 101 Å². The number of rotatable bonds is 6. The summed E-state index contributed by atoms with van der Waals surface area (Å²) in [5.41, 5.74) is 3.49. The summed E-state index contributed by atoms with van der Waals surface area (Å²) in [6, 6.07) is 17.6. The molecule has 2 aromatic heterocycles. The molecule has 0 bridgehead atoms. The summed E-state index contributed by atoms with van der Waals surface area (Å²) in [4.78, 5) is 19.3. The maximum atomic E-state index is 13.6. The Morgan fingerprint density at radius 2 is 1.75 bits per heavy atom. The third-order valence-corrected chi connectivity index (χ3v) is 8.03. The van der Waals surface area contributed by atoms with Gasteiger partial charge < -0.3 is 24.8 Å². The second kappa shape index (κ2) is 11.6. The molecule has 0 aliphatic carbocycles. The van der Waals surface area contributed by atoms with Gasteiger partial charge in [-0.3, -0.25) is 9.78 Å². The van der Waals surface area contributed by atoms with Gasteiger partial charge >= 0.3 is 6.18 Å². The molecule has 0 radical (unpaired) electrons. The van der Waals surface area contributed by atoms with E-state index in [1.165, 1.54) is 13.2 Å². The quantitative estimate of drug-likeness (QED) is 0.215. The number of alkyl halides is 3. The molecule has 2 N–H and O–H groups in total. The number of thiocarbonyl (C=S) groups is 1. The van der Waals surface area contributed by atoms with Crippen LogP contribution in [0.15, 0.2) is 72.9 Å². The van der Waals surface area contributed by atoms with Crippen LogP contribution in [-0.2, 0) is 11.0 Å². The number of pyridine rings is 1. The molecule has 0 unspecified atom stereocenters. The smallest absolute Gasteiger partial charge is 0.416 e. The lowest BCUT2D eigenvalue weighted by Gasteiger charge is -2.29. The number of benzene rings is 2. The first-order valence-electron chi connectivity index (χ1n) is 14.1. The summed E-state index contributed by atoms with van der Waals surface area (Å²) in [5, 5.41) is 6.81. The fourth-order valence-corrected chi connectivity index (χ4v) is 5.84. The van der Waals surface area contributed by atoms with Gasteiger partial charge in [-0.1, -0.05) is 32.9 Å². The van der Waals surface area contributed by atoms with Crippen molar-refractivity contribution in [3.63, 3.8) is 0 Å². The zero-order valence-corrected chi connectivity index (χ0v) is 26.1. The minimum absolute atomic E-state index is 0.156. The maximum Gasteiger partial charge on any atom is 0.416 e. The number of nitrogens with zero attached hydrogens (tertiary/aromatic N) is 3. The van der Waals surface area contributed by atoms with Crippen LogP contribution in [0, 0.1) is 19.3 Å². The number of hydrogen-bond donors (Lipinski definition) is 2. The average molecular weight is 622 g/mol. The van der Waals surface area contributed by atoms with Crippen molar-refractivity contribution < 1.29 is 22.7 Å². The fourth-order valence-electron chi connectivity index (χ4n) is 5.50. The number of halogens is 3. The van der Waals surface area contributed by atoms with E-state index in [2.05, 4.69) is 15.6 Å². The normalized spacial score (nSPS) is 17.0. The van der Waals surface area contributed by atoms with Gasteiger partial charge in [0.25, 0.3) is 0 Å². The molecule has 1 aliphatic rings. The Bertz CT molecular complexity index is 1710. The summed E-state index contributed by atoms with van der Waals surface area (Å²) in [7, 11) is 1.53. The lowest BCUT2D eigenvalue weighted by atomic mass is 9.95. The summed E-state index contributed by atoms with van der Waals surface area (Å²) in [5.74, 6) is 0.300. The lowest BCUT2D eigenvalue weighted by molar-refractivity contribution is -0.137. The molecule has 44 heavy (non-hydrogen) atoms. The predicted octanol–water partition coefficient (Wildman–Crippen LogP) is 7.68. The van der Waals surface area contributed by atoms with Gasteiger partial charge in [0, 0.05) is 40.4 Å². The van der Waals surface area contributed by atoms with Crippen LogP contribution >= 0.6 is 12.2 Å². The Morgan fingerprint density at radius 1 is 1.00 bits per heavy atom. The number of hydrogen-bond acceptors (Lipinski definition) is 4. The first-order chi connectivity index (χ1) is 20.7. The molecule has 1 aliphatic heterocycles. The first-order valence-corrected chi connectivity index (χ1v) is 14.5. The van der Waals surface area contributed by atoms with Crippen LogP contribution in [0.3, 0.4) is 0 Å². The van der Waals surface area contributed by atoms with E-state index in [9.17, 15) is 18.0 Å². The van der Waals surface area contributed by atoms with E-state index < -0.39 is 23.2 Å². The van der Waals surface area contributed by atoms with Crippen LogP contribution < -0.4 is 20.3 Å². The molecule has 2 atom stereocenters. The zero-order chi connectivity index (χ0) is 32.0. The second-order valence-electron chi connectivity index (χ2n) is 11.8. The van der Waals surface area contributed by atoms with Crippen molar-refractivity contribution in [2.75, 3.05) is 17.3 Å². The van der Waals surface area contributed by atoms with Crippen LogP contribution in [0.25, 0.3) is 5.69 Å². The van der Waals surface area contributed by atoms with Gasteiger partial charge in [0.2, 0.25) is 5.91 Å². The van der Waals surface area contributed by atoms with Crippen LogP contribution in [0.5, 0.6) is 5.75 Å². The van der Waals surface area contributed by atoms with Crippen LogP contribution in [0.1, 0.15) is 61.1 Å². The summed E-state index contributed by atoms with van der Waals surface area (Å²) < 4.78 is 48.3. The number of ether oxygens (including phenoxy) is 1. The van der Waals surface area contributed by atoms with Crippen molar-refractivity contribution in [2.24, 2.45) is 5.41 Å². The van der Waals surface area contributed by atoms with E-state index in [-0.39, 0.29) is 11.9 Å². The number of carbonyl (C=O) groups is 1. The predicted molar refractivity (Wildman–Crippen MR) is 169 cm³/mol. The van der Waals surface area contributed by atoms with Crippen molar-refractivity contribution >= 4 is 34.6 Å². The molecular weight excluding hydrogens is 587 g/mol. The van der Waals surface area contributed by atoms with E-state index in [1.54, 1.807) is 18.3 Å². The third-order valence-electron chi connectivity index (χ3n) is 7.71. The molecule has 230 valence electrons. The Balaban J connectivity index is 1.63. The maximum absolute atomic E-state index is 13.6. The molecule has 7 nitrogen and oxygen atoms in total. The van der Waals surface area contributed by atoms with Crippen LogP contribution in [-0.4, -0.2) is 27.7 Å². The molecular formula is C33H34F3N5O2S. The number of anilines is 2. The molecule has 5 rings (SSSR count). The van der Waals surface area contributed by atoms with Crippen molar-refractivity contribution in [1.82, 2.24) is 14.9 Å². The highest BCUT2D eigenvalue weighted by molar-refractivity contribution is 7.80. The first kappa shape index (κ1) is 31.1. The highest BCUT2D eigenvalue weighted by Crippen LogP contribution is 2.45. The van der Waals surface area contributed by atoms with Crippen molar-refractivity contribution in [3.8, 4) is 11.4 Å². The minimum atomic E-state index is -4.46. The number of aryl methyl sites for hydroxylation is 1. The van der Waals surface area contributed by atoms with Gasteiger partial charge in [0.15, 0.2) is 5.11 Å².